The smallest absolute Gasteiger partial charge is 0.207 e. The second-order valence-electron chi connectivity index (χ2n) is 4.84. The number of carbonyl (C=O) groups is 1. The summed E-state index contributed by atoms with van der Waals surface area (Å²) in [6.07, 6.45) is -0.940. The minimum Gasteiger partial charge on any atom is -0.366 e. The highest BCUT2D eigenvalue weighted by molar-refractivity contribution is 8.13. The fourth-order valence-electron chi connectivity index (χ4n) is 2.24. The van der Waals surface area contributed by atoms with Crippen molar-refractivity contribution < 1.29 is 27.6 Å². The molecule has 1 aliphatic heterocycles. The lowest BCUT2D eigenvalue weighted by Gasteiger charge is -2.11. The number of fused-ring (bicyclic) bond motifs is 1. The number of hydrogen-bond donors (Lipinski definition) is 1. The Morgan fingerprint density at radius 1 is 1.39 bits per heavy atom. The van der Waals surface area contributed by atoms with Crippen molar-refractivity contribution in [2.24, 2.45) is 0 Å². The van der Waals surface area contributed by atoms with Crippen molar-refractivity contribution in [1.29, 1.82) is 0 Å². The van der Waals surface area contributed by atoms with Gasteiger partial charge >= 0.3 is 0 Å². The van der Waals surface area contributed by atoms with Crippen LogP contribution >= 0.6 is 11.8 Å². The molecule has 0 amide bonds. The molecule has 0 unspecified atom stereocenters. The molecule has 23 heavy (non-hydrogen) atoms. The first-order valence-electron chi connectivity index (χ1n) is 6.95. The number of nitrogens with zero attached hydrogens (tertiary/aromatic N) is 1. The quantitative estimate of drug-likeness (QED) is 0.836. The summed E-state index contributed by atoms with van der Waals surface area (Å²) in [4.78, 5) is 10.9. The number of halogens is 2. The van der Waals surface area contributed by atoms with Crippen LogP contribution in [0.5, 0.6) is 0 Å². The first-order valence-corrected chi connectivity index (χ1v) is 7.94. The molecule has 3 rings (SSSR count). The zero-order valence-electron chi connectivity index (χ0n) is 12.2. The minimum atomic E-state index is -1.13. The van der Waals surface area contributed by atoms with Crippen LogP contribution in [0.1, 0.15) is 18.8 Å². The average Bonchev–Trinajstić information content (AvgIpc) is 3.17. The van der Waals surface area contributed by atoms with Gasteiger partial charge in [-0.3, -0.25) is 4.79 Å². The van der Waals surface area contributed by atoms with E-state index in [0.717, 1.165) is 11.8 Å². The van der Waals surface area contributed by atoms with E-state index in [1.807, 2.05) is 0 Å². The van der Waals surface area contributed by atoms with Gasteiger partial charge < -0.3 is 19.3 Å². The van der Waals surface area contributed by atoms with Gasteiger partial charge in [0.25, 0.3) is 0 Å². The highest BCUT2D eigenvalue weighted by Crippen LogP contribution is 2.34. The zero-order valence-corrected chi connectivity index (χ0v) is 13.0. The van der Waals surface area contributed by atoms with Gasteiger partial charge in [-0.1, -0.05) is 16.9 Å². The molecule has 2 heterocycles. The first-order chi connectivity index (χ1) is 11.1. The Balaban J connectivity index is 1.87. The lowest BCUT2D eigenvalue weighted by molar-refractivity contribution is -0.109. The van der Waals surface area contributed by atoms with Crippen LogP contribution < -0.4 is 5.32 Å². The number of hydrogen-bond acceptors (Lipinski definition) is 7. The molecular formula is C14H14F2N2O4S. The SMILES string of the molecule is CC(=O)SCCNc1noc2c(F)c(F)c(C3OCCO3)cc12. The maximum absolute atomic E-state index is 14.1. The highest BCUT2D eigenvalue weighted by Gasteiger charge is 2.28. The molecule has 0 saturated carbocycles. The van der Waals surface area contributed by atoms with Gasteiger partial charge in [0, 0.05) is 24.8 Å². The Labute approximate surface area is 134 Å². The van der Waals surface area contributed by atoms with Gasteiger partial charge in [-0.15, -0.1) is 0 Å². The Morgan fingerprint density at radius 3 is 2.83 bits per heavy atom. The van der Waals surface area contributed by atoms with Crippen molar-refractivity contribution in [3.8, 4) is 0 Å². The van der Waals surface area contributed by atoms with Crippen LogP contribution in [-0.2, 0) is 14.3 Å². The van der Waals surface area contributed by atoms with E-state index >= 15 is 0 Å². The molecule has 1 aliphatic rings. The third kappa shape index (κ3) is 3.31. The fraction of sp³-hybridized carbons (Fsp3) is 0.429. The van der Waals surface area contributed by atoms with Crippen LogP contribution in [0, 0.1) is 11.6 Å². The van der Waals surface area contributed by atoms with Crippen molar-refractivity contribution in [3.05, 3.63) is 23.3 Å². The first kappa shape index (κ1) is 16.2. The molecule has 2 aromatic rings. The van der Waals surface area contributed by atoms with E-state index < -0.39 is 17.9 Å². The number of benzene rings is 1. The molecule has 1 saturated heterocycles. The van der Waals surface area contributed by atoms with E-state index in [4.69, 9.17) is 14.0 Å². The summed E-state index contributed by atoms with van der Waals surface area (Å²) >= 11 is 1.15. The summed E-state index contributed by atoms with van der Waals surface area (Å²) in [6, 6.07) is 1.40. The van der Waals surface area contributed by atoms with E-state index in [0.29, 0.717) is 30.9 Å². The number of anilines is 1. The van der Waals surface area contributed by atoms with Crippen LogP contribution in [0.4, 0.5) is 14.6 Å². The van der Waals surface area contributed by atoms with Crippen molar-refractivity contribution in [2.75, 3.05) is 30.8 Å². The van der Waals surface area contributed by atoms with Crippen LogP contribution in [0.15, 0.2) is 10.6 Å². The molecule has 9 heteroatoms. The Hall–Kier alpha value is -1.71. The Morgan fingerprint density at radius 2 is 2.13 bits per heavy atom. The van der Waals surface area contributed by atoms with Crippen LogP contribution in [0.3, 0.4) is 0 Å². The van der Waals surface area contributed by atoms with Crippen molar-refractivity contribution >= 4 is 33.7 Å². The van der Waals surface area contributed by atoms with Gasteiger partial charge in [0.05, 0.1) is 18.6 Å². The van der Waals surface area contributed by atoms with E-state index in [9.17, 15) is 13.6 Å². The number of ether oxygens (including phenoxy) is 2. The van der Waals surface area contributed by atoms with Crippen LogP contribution in [-0.4, -0.2) is 35.8 Å². The molecule has 1 fully saturated rings. The summed E-state index contributed by atoms with van der Waals surface area (Å²) in [5.41, 5.74) is -0.303. The molecule has 0 spiro atoms. The van der Waals surface area contributed by atoms with Crippen LogP contribution in [0.2, 0.25) is 0 Å². The molecular weight excluding hydrogens is 330 g/mol. The summed E-state index contributed by atoms with van der Waals surface area (Å²) < 4.78 is 43.5. The van der Waals surface area contributed by atoms with Gasteiger partial charge in [0.15, 0.2) is 23.0 Å². The molecule has 124 valence electrons. The normalized spacial score (nSPS) is 15.4. The standard InChI is InChI=1S/C14H14F2N2O4S/c1-7(19)23-5-2-17-13-9-6-8(14-20-3-4-21-14)10(15)11(16)12(9)22-18-13/h6,14H,2-5H2,1H3,(H,17,18). The lowest BCUT2D eigenvalue weighted by Crippen LogP contribution is -2.07. The molecule has 0 bridgehead atoms. The predicted octanol–water partition coefficient (Wildman–Crippen LogP) is 2.84. The van der Waals surface area contributed by atoms with Gasteiger partial charge in [-0.25, -0.2) is 4.39 Å². The topological polar surface area (TPSA) is 73.6 Å². The molecule has 6 nitrogen and oxygen atoms in total. The van der Waals surface area contributed by atoms with E-state index in [1.54, 1.807) is 0 Å². The summed E-state index contributed by atoms with van der Waals surface area (Å²) in [5, 5.41) is 6.95. The zero-order chi connectivity index (χ0) is 16.4. The maximum Gasteiger partial charge on any atom is 0.207 e. The van der Waals surface area contributed by atoms with Crippen molar-refractivity contribution in [1.82, 2.24) is 5.16 Å². The summed E-state index contributed by atoms with van der Waals surface area (Å²) in [5.74, 6) is -1.40. The largest absolute Gasteiger partial charge is 0.366 e. The van der Waals surface area contributed by atoms with Crippen LogP contribution in [0.25, 0.3) is 11.0 Å². The molecule has 1 aromatic carbocycles. The third-order valence-corrected chi connectivity index (χ3v) is 4.06. The minimum absolute atomic E-state index is 0.00254. The molecule has 1 N–H and O–H groups in total. The molecule has 1 aromatic heterocycles. The molecule has 0 aliphatic carbocycles. The van der Waals surface area contributed by atoms with Gasteiger partial charge in [-0.05, 0) is 6.07 Å². The van der Waals surface area contributed by atoms with Gasteiger partial charge in [0.1, 0.15) is 0 Å². The molecule has 0 atom stereocenters. The monoisotopic (exact) mass is 344 g/mol. The third-order valence-electron chi connectivity index (χ3n) is 3.25. The second kappa shape index (κ2) is 6.81. The number of carbonyl (C=O) groups excluding carboxylic acids is 1. The van der Waals surface area contributed by atoms with Crippen molar-refractivity contribution in [3.63, 3.8) is 0 Å². The lowest BCUT2D eigenvalue weighted by atomic mass is 10.1. The Kier molecular flexibility index (Phi) is 4.79. The van der Waals surface area contributed by atoms with E-state index in [2.05, 4.69) is 10.5 Å². The second-order valence-corrected chi connectivity index (χ2v) is 6.11. The predicted molar refractivity (Wildman–Crippen MR) is 80.2 cm³/mol. The number of aromatic nitrogens is 1. The average molecular weight is 344 g/mol. The van der Waals surface area contributed by atoms with Crippen molar-refractivity contribution in [2.45, 2.75) is 13.2 Å². The Bertz CT molecular complexity index is 731. The van der Waals surface area contributed by atoms with Gasteiger partial charge in [0.2, 0.25) is 11.4 Å². The van der Waals surface area contributed by atoms with E-state index in [-0.39, 0.29) is 22.1 Å². The van der Waals surface area contributed by atoms with E-state index in [1.165, 1.54) is 13.0 Å². The molecule has 0 radical (unpaired) electrons. The summed E-state index contributed by atoms with van der Waals surface area (Å²) in [7, 11) is 0. The maximum atomic E-state index is 14.1. The number of thioether (sulfide) groups is 1. The number of rotatable bonds is 5. The number of nitrogens with one attached hydrogen (secondary N) is 1. The van der Waals surface area contributed by atoms with Gasteiger partial charge in [-0.2, -0.15) is 4.39 Å². The highest BCUT2D eigenvalue weighted by atomic mass is 32.2. The fourth-order valence-corrected chi connectivity index (χ4v) is 2.73. The summed E-state index contributed by atoms with van der Waals surface area (Å²) in [6.45, 7) is 2.54.